The first kappa shape index (κ1) is 16.5. The van der Waals surface area contributed by atoms with E-state index in [1.54, 1.807) is 21.9 Å². The highest BCUT2D eigenvalue weighted by Crippen LogP contribution is 2.22. The molecule has 1 saturated heterocycles. The van der Waals surface area contributed by atoms with Crippen molar-refractivity contribution in [2.24, 2.45) is 5.92 Å². The van der Waals surface area contributed by atoms with Crippen LogP contribution in [0.5, 0.6) is 0 Å². The van der Waals surface area contributed by atoms with Gasteiger partial charge < -0.3 is 9.80 Å². The van der Waals surface area contributed by atoms with Crippen LogP contribution in [0.3, 0.4) is 0 Å². The molecule has 1 aromatic rings. The van der Waals surface area contributed by atoms with Gasteiger partial charge in [-0.2, -0.15) is 0 Å². The minimum Gasteiger partial charge on any atom is -0.332 e. The van der Waals surface area contributed by atoms with Gasteiger partial charge in [0.05, 0.1) is 6.54 Å². The van der Waals surface area contributed by atoms with Crippen molar-refractivity contribution in [3.05, 3.63) is 35.6 Å². The number of nitrogens with zero attached hydrogens (tertiary/aromatic N) is 2. The topological polar surface area (TPSA) is 40.6 Å². The Morgan fingerprint density at radius 3 is 2.64 bits per heavy atom. The normalized spacial score (nSPS) is 19.2. The molecule has 0 aliphatic carbocycles. The van der Waals surface area contributed by atoms with Crippen LogP contribution in [0, 0.1) is 11.7 Å². The SMILES string of the molecule is CCN1CC(=O)N(Cc2cccc(F)c2)[C@@H](CC(C)C)C1=O. The van der Waals surface area contributed by atoms with Gasteiger partial charge in [0.2, 0.25) is 11.8 Å². The number of carbonyl (C=O) groups excluding carboxylic acids is 2. The van der Waals surface area contributed by atoms with Crippen LogP contribution < -0.4 is 0 Å². The summed E-state index contributed by atoms with van der Waals surface area (Å²) in [6.45, 7) is 6.86. The van der Waals surface area contributed by atoms with Crippen molar-refractivity contribution in [2.75, 3.05) is 13.1 Å². The molecule has 5 heteroatoms. The first-order chi connectivity index (χ1) is 10.4. The summed E-state index contributed by atoms with van der Waals surface area (Å²) < 4.78 is 13.3. The fourth-order valence-electron chi connectivity index (χ4n) is 2.82. The fourth-order valence-corrected chi connectivity index (χ4v) is 2.82. The first-order valence-corrected chi connectivity index (χ1v) is 7.75. The number of rotatable bonds is 5. The van der Waals surface area contributed by atoms with Crippen molar-refractivity contribution < 1.29 is 14.0 Å². The third-order valence-corrected chi connectivity index (χ3v) is 3.94. The van der Waals surface area contributed by atoms with Crippen molar-refractivity contribution in [1.29, 1.82) is 0 Å². The Bertz CT molecular complexity index is 559. The van der Waals surface area contributed by atoms with E-state index in [-0.39, 0.29) is 30.7 Å². The molecule has 1 aliphatic heterocycles. The zero-order valence-electron chi connectivity index (χ0n) is 13.4. The van der Waals surface area contributed by atoms with Crippen molar-refractivity contribution in [3.8, 4) is 0 Å². The lowest BCUT2D eigenvalue weighted by Gasteiger charge is -2.40. The predicted octanol–water partition coefficient (Wildman–Crippen LogP) is 2.43. The Balaban J connectivity index is 2.25. The third-order valence-electron chi connectivity index (χ3n) is 3.94. The van der Waals surface area contributed by atoms with Crippen LogP contribution in [0.2, 0.25) is 0 Å². The van der Waals surface area contributed by atoms with Crippen LogP contribution in [0.15, 0.2) is 24.3 Å². The maximum absolute atomic E-state index is 13.3. The van der Waals surface area contributed by atoms with E-state index >= 15 is 0 Å². The van der Waals surface area contributed by atoms with Crippen LogP contribution in [-0.2, 0) is 16.1 Å². The maximum atomic E-state index is 13.3. The lowest BCUT2D eigenvalue weighted by Crippen LogP contribution is -2.59. The van der Waals surface area contributed by atoms with Crippen LogP contribution >= 0.6 is 0 Å². The van der Waals surface area contributed by atoms with Gasteiger partial charge in [0.25, 0.3) is 0 Å². The number of piperazine rings is 1. The summed E-state index contributed by atoms with van der Waals surface area (Å²) in [5.41, 5.74) is 0.708. The lowest BCUT2D eigenvalue weighted by atomic mass is 9.98. The molecular formula is C17H23FN2O2. The van der Waals surface area contributed by atoms with E-state index in [0.717, 1.165) is 0 Å². The number of amides is 2. The molecule has 4 nitrogen and oxygen atoms in total. The molecule has 120 valence electrons. The number of carbonyl (C=O) groups is 2. The Kier molecular flexibility index (Phi) is 5.16. The smallest absolute Gasteiger partial charge is 0.245 e. The lowest BCUT2D eigenvalue weighted by molar-refractivity contribution is -0.157. The van der Waals surface area contributed by atoms with Crippen LogP contribution in [0.4, 0.5) is 4.39 Å². The quantitative estimate of drug-likeness (QED) is 0.838. The molecule has 1 heterocycles. The van der Waals surface area contributed by atoms with Gasteiger partial charge in [0, 0.05) is 13.1 Å². The van der Waals surface area contributed by atoms with E-state index in [2.05, 4.69) is 0 Å². The minimum absolute atomic E-state index is 0.00722. The number of benzene rings is 1. The zero-order valence-corrected chi connectivity index (χ0v) is 13.4. The summed E-state index contributed by atoms with van der Waals surface area (Å²) in [5, 5.41) is 0. The van der Waals surface area contributed by atoms with E-state index in [1.165, 1.54) is 12.1 Å². The van der Waals surface area contributed by atoms with Crippen LogP contribution in [-0.4, -0.2) is 40.7 Å². The molecule has 1 aliphatic rings. The molecule has 0 aromatic heterocycles. The number of likely N-dealkylation sites (N-methyl/N-ethyl adjacent to an activating group) is 1. The second kappa shape index (κ2) is 6.90. The second-order valence-electron chi connectivity index (χ2n) is 6.15. The summed E-state index contributed by atoms with van der Waals surface area (Å²) in [7, 11) is 0. The predicted molar refractivity (Wildman–Crippen MR) is 82.4 cm³/mol. The van der Waals surface area contributed by atoms with Gasteiger partial charge >= 0.3 is 0 Å². The Hall–Kier alpha value is -1.91. The fraction of sp³-hybridized carbons (Fsp3) is 0.529. The van der Waals surface area contributed by atoms with Gasteiger partial charge in [-0.3, -0.25) is 9.59 Å². The zero-order chi connectivity index (χ0) is 16.3. The largest absolute Gasteiger partial charge is 0.332 e. The molecular weight excluding hydrogens is 283 g/mol. The molecule has 0 radical (unpaired) electrons. The highest BCUT2D eigenvalue weighted by Gasteiger charge is 2.38. The molecule has 0 N–H and O–H groups in total. The van der Waals surface area contributed by atoms with E-state index < -0.39 is 6.04 Å². The van der Waals surface area contributed by atoms with Crippen molar-refractivity contribution in [3.63, 3.8) is 0 Å². The van der Waals surface area contributed by atoms with Crippen LogP contribution in [0.1, 0.15) is 32.8 Å². The molecule has 1 atom stereocenters. The van der Waals surface area contributed by atoms with Gasteiger partial charge in [-0.1, -0.05) is 26.0 Å². The molecule has 0 spiro atoms. The average molecular weight is 306 g/mol. The molecule has 0 unspecified atom stereocenters. The minimum atomic E-state index is -0.454. The highest BCUT2D eigenvalue weighted by atomic mass is 19.1. The van der Waals surface area contributed by atoms with E-state index in [0.29, 0.717) is 24.4 Å². The Morgan fingerprint density at radius 2 is 2.05 bits per heavy atom. The van der Waals surface area contributed by atoms with E-state index in [9.17, 15) is 14.0 Å². The van der Waals surface area contributed by atoms with Crippen molar-refractivity contribution in [2.45, 2.75) is 39.8 Å². The van der Waals surface area contributed by atoms with Crippen LogP contribution in [0.25, 0.3) is 0 Å². The molecule has 2 amide bonds. The summed E-state index contributed by atoms with van der Waals surface area (Å²) in [6.07, 6.45) is 0.621. The van der Waals surface area contributed by atoms with E-state index in [4.69, 9.17) is 0 Å². The summed E-state index contributed by atoms with van der Waals surface area (Å²) in [5.74, 6) is -0.110. The second-order valence-corrected chi connectivity index (χ2v) is 6.15. The number of halogens is 1. The molecule has 2 rings (SSSR count). The van der Waals surface area contributed by atoms with E-state index in [1.807, 2.05) is 20.8 Å². The molecule has 1 aromatic carbocycles. The van der Waals surface area contributed by atoms with Gasteiger partial charge in [-0.25, -0.2) is 4.39 Å². The van der Waals surface area contributed by atoms with Gasteiger partial charge in [-0.05, 0) is 37.0 Å². The average Bonchev–Trinajstić information content (AvgIpc) is 2.46. The number of hydrogen-bond donors (Lipinski definition) is 0. The summed E-state index contributed by atoms with van der Waals surface area (Å²) in [6, 6.07) is 5.73. The van der Waals surface area contributed by atoms with Gasteiger partial charge in [0.15, 0.2) is 0 Å². The van der Waals surface area contributed by atoms with Gasteiger partial charge in [0.1, 0.15) is 11.9 Å². The summed E-state index contributed by atoms with van der Waals surface area (Å²) in [4.78, 5) is 28.2. The standard InChI is InChI=1S/C17H23FN2O2/c1-4-19-11-16(21)20(15(17(19)22)8-12(2)3)10-13-6-5-7-14(18)9-13/h5-7,9,12,15H,4,8,10-11H2,1-3H3/t15-/m0/s1. The molecule has 1 fully saturated rings. The number of hydrogen-bond acceptors (Lipinski definition) is 2. The Labute approximate surface area is 130 Å². The highest BCUT2D eigenvalue weighted by molar-refractivity contribution is 5.94. The molecule has 22 heavy (non-hydrogen) atoms. The molecule has 0 bridgehead atoms. The third kappa shape index (κ3) is 3.64. The summed E-state index contributed by atoms with van der Waals surface area (Å²) >= 11 is 0. The van der Waals surface area contributed by atoms with Gasteiger partial charge in [-0.15, -0.1) is 0 Å². The monoisotopic (exact) mass is 306 g/mol. The maximum Gasteiger partial charge on any atom is 0.245 e. The Morgan fingerprint density at radius 1 is 1.32 bits per heavy atom. The molecule has 0 saturated carbocycles. The first-order valence-electron chi connectivity index (χ1n) is 7.75. The van der Waals surface area contributed by atoms with Crippen molar-refractivity contribution in [1.82, 2.24) is 9.80 Å². The van der Waals surface area contributed by atoms with Crippen molar-refractivity contribution >= 4 is 11.8 Å².